The van der Waals surface area contributed by atoms with Crippen LogP contribution < -0.4 is 15.8 Å². The van der Waals surface area contributed by atoms with Gasteiger partial charge in [-0.2, -0.15) is 4.98 Å². The summed E-state index contributed by atoms with van der Waals surface area (Å²) in [6.07, 6.45) is 1.31. The zero-order chi connectivity index (χ0) is 17.5. The molecule has 130 valence electrons. The number of anilines is 2. The third-order valence-corrected chi connectivity index (χ3v) is 5.90. The zero-order valence-corrected chi connectivity index (χ0v) is 14.5. The van der Waals surface area contributed by atoms with Gasteiger partial charge in [0.25, 0.3) is 0 Å². The summed E-state index contributed by atoms with van der Waals surface area (Å²) in [5.74, 6) is 1.30. The average molecular weight is 352 g/mol. The van der Waals surface area contributed by atoms with Crippen LogP contribution >= 0.6 is 0 Å². The van der Waals surface area contributed by atoms with Crippen LogP contribution in [0, 0.1) is 13.8 Å². The molecular formula is C14H20N6O3S. The molecule has 24 heavy (non-hydrogen) atoms. The molecule has 2 heterocycles. The van der Waals surface area contributed by atoms with Crippen LogP contribution in [0.4, 0.5) is 11.8 Å². The Labute approximate surface area is 140 Å². The SMILES string of the molecule is CNc1cc(C2CC(NS(=O)(=O)c3c(C)noc3C)C2)nc(N)n1. The van der Waals surface area contributed by atoms with Crippen LogP contribution in [-0.2, 0) is 10.0 Å². The Morgan fingerprint density at radius 2 is 2.00 bits per heavy atom. The van der Waals surface area contributed by atoms with E-state index >= 15 is 0 Å². The predicted molar refractivity (Wildman–Crippen MR) is 88.1 cm³/mol. The number of nitrogens with one attached hydrogen (secondary N) is 2. The van der Waals surface area contributed by atoms with Crippen molar-refractivity contribution in [3.05, 3.63) is 23.2 Å². The van der Waals surface area contributed by atoms with Gasteiger partial charge in [0.2, 0.25) is 16.0 Å². The summed E-state index contributed by atoms with van der Waals surface area (Å²) in [5.41, 5.74) is 6.87. The van der Waals surface area contributed by atoms with Gasteiger partial charge in [-0.1, -0.05) is 5.16 Å². The maximum Gasteiger partial charge on any atom is 0.246 e. The van der Waals surface area contributed by atoms with Gasteiger partial charge in [-0.05, 0) is 26.7 Å². The molecule has 2 aromatic heterocycles. The quantitative estimate of drug-likeness (QED) is 0.723. The highest BCUT2D eigenvalue weighted by Crippen LogP contribution is 2.37. The Balaban J connectivity index is 1.68. The second kappa shape index (κ2) is 6.02. The third kappa shape index (κ3) is 3.06. The minimum Gasteiger partial charge on any atom is -0.373 e. The molecule has 4 N–H and O–H groups in total. The van der Waals surface area contributed by atoms with E-state index in [2.05, 4.69) is 25.2 Å². The molecule has 3 rings (SSSR count). The van der Waals surface area contributed by atoms with Crippen LogP contribution in [0.2, 0.25) is 0 Å². The van der Waals surface area contributed by atoms with E-state index < -0.39 is 10.0 Å². The molecule has 0 aliphatic heterocycles. The molecule has 0 bridgehead atoms. The molecule has 10 heteroatoms. The summed E-state index contributed by atoms with van der Waals surface area (Å²) in [6, 6.07) is 1.68. The molecular weight excluding hydrogens is 332 g/mol. The molecule has 0 aromatic carbocycles. The number of sulfonamides is 1. The van der Waals surface area contributed by atoms with E-state index in [1.165, 1.54) is 0 Å². The number of nitrogen functional groups attached to an aromatic ring is 1. The molecule has 1 aliphatic rings. The lowest BCUT2D eigenvalue weighted by Gasteiger charge is -2.35. The van der Waals surface area contributed by atoms with Gasteiger partial charge >= 0.3 is 0 Å². The highest BCUT2D eigenvalue weighted by Gasteiger charge is 2.36. The lowest BCUT2D eigenvalue weighted by Crippen LogP contribution is -2.43. The van der Waals surface area contributed by atoms with Crippen molar-refractivity contribution in [2.45, 2.75) is 43.5 Å². The third-order valence-electron chi connectivity index (χ3n) is 4.13. The molecule has 9 nitrogen and oxygen atoms in total. The molecule has 0 spiro atoms. The van der Waals surface area contributed by atoms with Gasteiger partial charge in [-0.25, -0.2) is 18.1 Å². The number of hydrogen-bond donors (Lipinski definition) is 3. The average Bonchev–Trinajstić information content (AvgIpc) is 2.81. The van der Waals surface area contributed by atoms with Crippen molar-refractivity contribution in [1.82, 2.24) is 19.8 Å². The van der Waals surface area contributed by atoms with E-state index in [1.54, 1.807) is 20.9 Å². The van der Waals surface area contributed by atoms with E-state index in [0.29, 0.717) is 24.4 Å². The Morgan fingerprint density at radius 3 is 2.58 bits per heavy atom. The van der Waals surface area contributed by atoms with E-state index in [-0.39, 0.29) is 28.6 Å². The van der Waals surface area contributed by atoms with Gasteiger partial charge < -0.3 is 15.6 Å². The van der Waals surface area contributed by atoms with Crippen LogP contribution in [0.15, 0.2) is 15.5 Å². The van der Waals surface area contributed by atoms with Crippen LogP contribution in [0.3, 0.4) is 0 Å². The Morgan fingerprint density at radius 1 is 1.29 bits per heavy atom. The van der Waals surface area contributed by atoms with Crippen LogP contribution in [0.5, 0.6) is 0 Å². The van der Waals surface area contributed by atoms with Crippen molar-refractivity contribution < 1.29 is 12.9 Å². The number of aryl methyl sites for hydroxylation is 2. The number of hydrogen-bond acceptors (Lipinski definition) is 8. The highest BCUT2D eigenvalue weighted by molar-refractivity contribution is 7.89. The van der Waals surface area contributed by atoms with E-state index in [9.17, 15) is 8.42 Å². The Hall–Kier alpha value is -2.20. The van der Waals surface area contributed by atoms with Crippen LogP contribution in [0.1, 0.15) is 35.9 Å². The fraction of sp³-hybridized carbons (Fsp3) is 0.500. The number of aromatic nitrogens is 3. The van der Waals surface area contributed by atoms with Gasteiger partial charge in [0.05, 0.1) is 5.69 Å². The molecule has 2 aromatic rings. The maximum absolute atomic E-state index is 12.5. The minimum atomic E-state index is -3.64. The summed E-state index contributed by atoms with van der Waals surface area (Å²) in [6.45, 7) is 3.19. The van der Waals surface area contributed by atoms with Crippen molar-refractivity contribution in [2.24, 2.45) is 0 Å². The summed E-state index contributed by atoms with van der Waals surface area (Å²) in [5, 5.41) is 6.62. The van der Waals surface area contributed by atoms with Crippen LogP contribution in [-0.4, -0.2) is 36.6 Å². The summed E-state index contributed by atoms with van der Waals surface area (Å²) < 4.78 is 32.6. The number of rotatable bonds is 5. The van der Waals surface area contributed by atoms with E-state index in [0.717, 1.165) is 5.69 Å². The Bertz CT molecular complexity index is 838. The van der Waals surface area contributed by atoms with Gasteiger partial charge in [0, 0.05) is 25.1 Å². The predicted octanol–water partition coefficient (Wildman–Crippen LogP) is 0.930. The molecule has 1 saturated carbocycles. The van der Waals surface area contributed by atoms with Crippen molar-refractivity contribution >= 4 is 21.8 Å². The zero-order valence-electron chi connectivity index (χ0n) is 13.7. The number of nitrogens with two attached hydrogens (primary N) is 1. The van der Waals surface area contributed by atoms with Gasteiger partial charge in [0.15, 0.2) is 5.76 Å². The normalized spacial score (nSPS) is 20.6. The highest BCUT2D eigenvalue weighted by atomic mass is 32.2. The van der Waals surface area contributed by atoms with Crippen LogP contribution in [0.25, 0.3) is 0 Å². The molecule has 0 amide bonds. The van der Waals surface area contributed by atoms with Gasteiger partial charge in [-0.3, -0.25) is 0 Å². The molecule has 1 aliphatic carbocycles. The first-order valence-corrected chi connectivity index (χ1v) is 9.06. The first-order valence-electron chi connectivity index (χ1n) is 7.57. The standard InChI is InChI=1S/C14H20N6O3S/c1-7-13(8(2)23-19-7)24(21,22)20-10-4-9(5-10)11-6-12(16-3)18-14(15)17-11/h6,9-10,20H,4-5H2,1-3H3,(H3,15,16,17,18). The smallest absolute Gasteiger partial charge is 0.246 e. The summed E-state index contributed by atoms with van der Waals surface area (Å²) >= 11 is 0. The van der Waals surface area contributed by atoms with Crippen molar-refractivity contribution in [3.8, 4) is 0 Å². The maximum atomic E-state index is 12.5. The minimum absolute atomic E-state index is 0.120. The van der Waals surface area contributed by atoms with Gasteiger partial charge in [0.1, 0.15) is 16.4 Å². The molecule has 0 unspecified atom stereocenters. The van der Waals surface area contributed by atoms with Crippen molar-refractivity contribution in [1.29, 1.82) is 0 Å². The van der Waals surface area contributed by atoms with Gasteiger partial charge in [-0.15, -0.1) is 0 Å². The molecule has 0 atom stereocenters. The fourth-order valence-electron chi connectivity index (χ4n) is 2.91. The Kier molecular flexibility index (Phi) is 4.18. The molecule has 0 radical (unpaired) electrons. The second-order valence-corrected chi connectivity index (χ2v) is 7.58. The molecule has 1 fully saturated rings. The monoisotopic (exact) mass is 352 g/mol. The van der Waals surface area contributed by atoms with E-state index in [4.69, 9.17) is 10.3 Å². The van der Waals surface area contributed by atoms with Crippen molar-refractivity contribution in [3.63, 3.8) is 0 Å². The lowest BCUT2D eigenvalue weighted by molar-refractivity contribution is 0.320. The molecule has 0 saturated heterocycles. The lowest BCUT2D eigenvalue weighted by atomic mass is 9.78. The van der Waals surface area contributed by atoms with E-state index in [1.807, 2.05) is 6.07 Å². The second-order valence-electron chi connectivity index (χ2n) is 5.93. The number of nitrogens with zero attached hydrogens (tertiary/aromatic N) is 3. The largest absolute Gasteiger partial charge is 0.373 e. The first-order chi connectivity index (χ1) is 11.3. The topological polar surface area (TPSA) is 136 Å². The summed E-state index contributed by atoms with van der Waals surface area (Å²) in [4.78, 5) is 8.41. The summed E-state index contributed by atoms with van der Waals surface area (Å²) in [7, 11) is -1.88. The fourth-order valence-corrected chi connectivity index (χ4v) is 4.51. The van der Waals surface area contributed by atoms with Crippen molar-refractivity contribution in [2.75, 3.05) is 18.1 Å². The first kappa shape index (κ1) is 16.7.